The molecule has 0 atom stereocenters. The zero-order chi connectivity index (χ0) is 11.7. The topological polar surface area (TPSA) is 68.3 Å². The van der Waals surface area contributed by atoms with E-state index in [1.807, 2.05) is 0 Å². The third-order valence-corrected chi connectivity index (χ3v) is 3.68. The van der Waals surface area contributed by atoms with Crippen LogP contribution in [0.2, 0.25) is 0 Å². The summed E-state index contributed by atoms with van der Waals surface area (Å²) in [6.45, 7) is 0. The summed E-state index contributed by atoms with van der Waals surface area (Å²) in [6.07, 6.45) is 0. The molecule has 0 aliphatic heterocycles. The Morgan fingerprint density at radius 3 is 2.12 bits per heavy atom. The lowest BCUT2D eigenvalue weighted by Crippen LogP contribution is -1.88. The van der Waals surface area contributed by atoms with Gasteiger partial charge in [-0.15, -0.1) is 0 Å². The first-order valence-corrected chi connectivity index (χ1v) is 6.76. The van der Waals surface area contributed by atoms with Crippen LogP contribution in [0.5, 0.6) is 0 Å². The van der Waals surface area contributed by atoms with Crippen molar-refractivity contribution in [3.63, 3.8) is 0 Å². The Kier molecular flexibility index (Phi) is 2.93. The number of rotatable bonds is 2. The van der Waals surface area contributed by atoms with E-state index in [2.05, 4.69) is 0 Å². The van der Waals surface area contributed by atoms with Crippen LogP contribution in [-0.4, -0.2) is 16.8 Å². The minimum absolute atomic E-state index is 0.0166. The molecule has 0 spiro atoms. The highest BCUT2D eigenvalue weighted by atomic mass is 32.2. The van der Waals surface area contributed by atoms with Crippen molar-refractivity contribution < 1.29 is 16.8 Å². The van der Waals surface area contributed by atoms with Crippen LogP contribution < -0.4 is 0 Å². The molecule has 0 N–H and O–H groups in total. The van der Waals surface area contributed by atoms with Gasteiger partial charge in [0.15, 0.2) is 21.4 Å². The molecule has 16 heavy (non-hydrogen) atoms. The molecule has 2 rings (SSSR count). The molecule has 0 aromatic heterocycles. The second kappa shape index (κ2) is 4.23. The molecule has 0 aliphatic carbocycles. The standard InChI is InChI=1S/C10H8O4S2/c11-15(12)8-5-7-3-1-2-4-9(7)10(6-8)16(13)14/h1-6,15-16H. The molecule has 0 unspecified atom stereocenters. The number of benzene rings is 2. The second-order valence-corrected chi connectivity index (χ2v) is 5.23. The number of hydrogen-bond donors (Lipinski definition) is 2. The van der Waals surface area contributed by atoms with Gasteiger partial charge in [-0.1, -0.05) is 24.3 Å². The summed E-state index contributed by atoms with van der Waals surface area (Å²) >= 11 is 0. The highest BCUT2D eigenvalue weighted by molar-refractivity contribution is 7.73. The lowest BCUT2D eigenvalue weighted by atomic mass is 10.1. The molecule has 0 saturated carbocycles. The predicted octanol–water partition coefficient (Wildman–Crippen LogP) is 0.780. The van der Waals surface area contributed by atoms with Crippen LogP contribution in [0.4, 0.5) is 0 Å². The first-order valence-electron chi connectivity index (χ1n) is 4.41. The van der Waals surface area contributed by atoms with Crippen molar-refractivity contribution in [1.29, 1.82) is 0 Å². The molecule has 84 valence electrons. The van der Waals surface area contributed by atoms with Gasteiger partial charge >= 0.3 is 0 Å². The van der Waals surface area contributed by atoms with E-state index in [-0.39, 0.29) is 9.79 Å². The van der Waals surface area contributed by atoms with Gasteiger partial charge in [0, 0.05) is 5.39 Å². The lowest BCUT2D eigenvalue weighted by molar-refractivity contribution is 0.613. The van der Waals surface area contributed by atoms with Crippen molar-refractivity contribution in [2.45, 2.75) is 9.79 Å². The van der Waals surface area contributed by atoms with Crippen molar-refractivity contribution in [2.24, 2.45) is 0 Å². The van der Waals surface area contributed by atoms with E-state index in [4.69, 9.17) is 0 Å². The number of hydrogen-bond acceptors (Lipinski definition) is 4. The molecule has 4 nitrogen and oxygen atoms in total. The van der Waals surface area contributed by atoms with E-state index in [1.54, 1.807) is 24.3 Å². The highest BCUT2D eigenvalue weighted by Gasteiger charge is 2.06. The average Bonchev–Trinajstić information content (AvgIpc) is 2.27. The van der Waals surface area contributed by atoms with E-state index < -0.39 is 21.4 Å². The van der Waals surface area contributed by atoms with Crippen LogP contribution in [-0.2, 0) is 21.4 Å². The summed E-state index contributed by atoms with van der Waals surface area (Å²) in [5.74, 6) is 0. The van der Waals surface area contributed by atoms with Gasteiger partial charge in [0.25, 0.3) is 0 Å². The van der Waals surface area contributed by atoms with Crippen molar-refractivity contribution >= 4 is 32.2 Å². The van der Waals surface area contributed by atoms with E-state index in [0.717, 1.165) is 0 Å². The molecule has 0 saturated heterocycles. The molecule has 0 amide bonds. The number of fused-ring (bicyclic) bond motifs is 1. The molecule has 0 radical (unpaired) electrons. The largest absolute Gasteiger partial charge is 0.227 e. The Morgan fingerprint density at radius 1 is 0.812 bits per heavy atom. The normalized spacial score (nSPS) is 11.4. The predicted molar refractivity (Wildman–Crippen MR) is 61.1 cm³/mol. The van der Waals surface area contributed by atoms with Gasteiger partial charge < -0.3 is 0 Å². The maximum absolute atomic E-state index is 11.0. The molecule has 0 bridgehead atoms. The summed E-state index contributed by atoms with van der Waals surface area (Å²) < 4.78 is 43.8. The van der Waals surface area contributed by atoms with Crippen molar-refractivity contribution in [2.75, 3.05) is 0 Å². The molecule has 0 aliphatic rings. The fourth-order valence-electron chi connectivity index (χ4n) is 1.53. The monoisotopic (exact) mass is 256 g/mol. The quantitative estimate of drug-likeness (QED) is 0.779. The Balaban J connectivity index is 2.95. The fraction of sp³-hybridized carbons (Fsp3) is 0. The average molecular weight is 256 g/mol. The molecular formula is C10H8O4S2. The van der Waals surface area contributed by atoms with E-state index in [0.29, 0.717) is 10.8 Å². The summed E-state index contributed by atoms with van der Waals surface area (Å²) in [5.41, 5.74) is 0. The van der Waals surface area contributed by atoms with Gasteiger partial charge in [-0.25, -0.2) is 16.8 Å². The fourth-order valence-corrected chi connectivity index (χ4v) is 2.76. The summed E-state index contributed by atoms with van der Waals surface area (Å²) in [7, 11) is -5.58. The van der Waals surface area contributed by atoms with Crippen LogP contribution in [0.15, 0.2) is 46.2 Å². The second-order valence-electron chi connectivity index (χ2n) is 3.20. The summed E-state index contributed by atoms with van der Waals surface area (Å²) in [6, 6.07) is 9.41. The Hall–Kier alpha value is -1.40. The van der Waals surface area contributed by atoms with Crippen LogP contribution in [0.3, 0.4) is 0 Å². The van der Waals surface area contributed by atoms with Crippen LogP contribution in [0.25, 0.3) is 10.8 Å². The highest BCUT2D eigenvalue weighted by Crippen LogP contribution is 2.22. The van der Waals surface area contributed by atoms with E-state index in [9.17, 15) is 16.8 Å². The third kappa shape index (κ3) is 1.94. The molecule has 2 aromatic carbocycles. The molecule has 0 fully saturated rings. The van der Waals surface area contributed by atoms with Crippen molar-refractivity contribution in [1.82, 2.24) is 0 Å². The van der Waals surface area contributed by atoms with E-state index in [1.165, 1.54) is 12.1 Å². The van der Waals surface area contributed by atoms with Gasteiger partial charge in [0.1, 0.15) is 0 Å². The zero-order valence-corrected chi connectivity index (χ0v) is 9.78. The summed E-state index contributed by atoms with van der Waals surface area (Å²) in [5, 5.41) is 1.15. The summed E-state index contributed by atoms with van der Waals surface area (Å²) in [4.78, 5) is 0.0604. The van der Waals surface area contributed by atoms with Crippen molar-refractivity contribution in [3.05, 3.63) is 36.4 Å². The zero-order valence-electron chi connectivity index (χ0n) is 7.99. The smallest absolute Gasteiger partial charge is 0.168 e. The molecule has 6 heteroatoms. The van der Waals surface area contributed by atoms with Gasteiger partial charge in [-0.05, 0) is 17.5 Å². The van der Waals surface area contributed by atoms with Gasteiger partial charge in [-0.2, -0.15) is 0 Å². The Bertz CT molecular complexity index is 683. The van der Waals surface area contributed by atoms with Crippen LogP contribution in [0, 0.1) is 0 Å². The van der Waals surface area contributed by atoms with Gasteiger partial charge in [0.2, 0.25) is 0 Å². The maximum atomic E-state index is 11.0. The van der Waals surface area contributed by atoms with Gasteiger partial charge in [0.05, 0.1) is 9.79 Å². The minimum atomic E-state index is -2.80. The molecule has 2 aromatic rings. The molecule has 0 heterocycles. The SMILES string of the molecule is O=[SH](=O)c1cc([SH](=O)=O)c2ccccc2c1. The first-order chi connectivity index (χ1) is 7.59. The van der Waals surface area contributed by atoms with Gasteiger partial charge in [-0.3, -0.25) is 0 Å². The Morgan fingerprint density at radius 2 is 1.50 bits per heavy atom. The van der Waals surface area contributed by atoms with Crippen LogP contribution in [0.1, 0.15) is 0 Å². The molecular weight excluding hydrogens is 248 g/mol. The Labute approximate surface area is 95.4 Å². The third-order valence-electron chi connectivity index (χ3n) is 2.23. The maximum Gasteiger partial charge on any atom is 0.168 e. The van der Waals surface area contributed by atoms with Crippen LogP contribution >= 0.6 is 0 Å². The first kappa shape index (κ1) is 11.1. The minimum Gasteiger partial charge on any atom is -0.227 e. The number of thiol groups is 2. The van der Waals surface area contributed by atoms with Crippen molar-refractivity contribution in [3.8, 4) is 0 Å². The lowest BCUT2D eigenvalue weighted by Gasteiger charge is -2.01. The van der Waals surface area contributed by atoms with E-state index >= 15 is 0 Å².